The molecule has 0 unspecified atom stereocenters. The van der Waals surface area contributed by atoms with Gasteiger partial charge in [-0.3, -0.25) is 14.4 Å². The van der Waals surface area contributed by atoms with Crippen LogP contribution < -0.4 is 16.0 Å². The van der Waals surface area contributed by atoms with Crippen molar-refractivity contribution in [1.29, 1.82) is 0 Å². The van der Waals surface area contributed by atoms with E-state index in [1.165, 1.54) is 0 Å². The minimum atomic E-state index is -0.137. The molecule has 1 aromatic rings. The van der Waals surface area contributed by atoms with Crippen molar-refractivity contribution >= 4 is 34.8 Å². The molecule has 1 rings (SSSR count). The summed E-state index contributed by atoms with van der Waals surface area (Å²) in [6.07, 6.45) is 1.05. The lowest BCUT2D eigenvalue weighted by Gasteiger charge is -2.12. The number of benzene rings is 1. The maximum Gasteiger partial charge on any atom is 0.224 e. The van der Waals surface area contributed by atoms with Gasteiger partial charge in [-0.1, -0.05) is 34.6 Å². The van der Waals surface area contributed by atoms with Crippen LogP contribution in [0.15, 0.2) is 18.2 Å². The Balaban J connectivity index is 0.00000232. The second kappa shape index (κ2) is 11.2. The van der Waals surface area contributed by atoms with Gasteiger partial charge in [0.2, 0.25) is 17.7 Å². The molecule has 128 valence electrons. The molecule has 0 aliphatic heterocycles. The summed E-state index contributed by atoms with van der Waals surface area (Å²) in [5, 5.41) is 8.14. The Labute approximate surface area is 138 Å². The summed E-state index contributed by atoms with van der Waals surface area (Å²) in [6, 6.07) is 4.97. The van der Waals surface area contributed by atoms with Crippen LogP contribution in [0.4, 0.5) is 17.1 Å². The van der Waals surface area contributed by atoms with Crippen molar-refractivity contribution in [3.8, 4) is 0 Å². The van der Waals surface area contributed by atoms with Crippen molar-refractivity contribution in [2.75, 3.05) is 16.0 Å². The van der Waals surface area contributed by atoms with E-state index in [1.807, 2.05) is 13.8 Å². The van der Waals surface area contributed by atoms with E-state index in [0.717, 1.165) is 0 Å². The van der Waals surface area contributed by atoms with Gasteiger partial charge in [0.15, 0.2) is 0 Å². The second-order valence-corrected chi connectivity index (χ2v) is 4.50. The van der Waals surface area contributed by atoms with Crippen LogP contribution in [0.2, 0.25) is 0 Å². The van der Waals surface area contributed by atoms with Crippen LogP contribution in [-0.4, -0.2) is 17.7 Å². The summed E-state index contributed by atoms with van der Waals surface area (Å²) in [4.78, 5) is 34.4. The summed E-state index contributed by atoms with van der Waals surface area (Å²) in [6.45, 7) is 9.24. The first kappa shape index (κ1) is 20.6. The number of rotatable bonds is 6. The topological polar surface area (TPSA) is 87.3 Å². The van der Waals surface area contributed by atoms with Crippen LogP contribution in [0.3, 0.4) is 0 Å². The van der Waals surface area contributed by atoms with Crippen LogP contribution in [-0.2, 0) is 14.4 Å². The molecule has 0 saturated heterocycles. The molecule has 0 spiro atoms. The molecule has 0 bridgehead atoms. The fourth-order valence-corrected chi connectivity index (χ4v) is 1.59. The molecule has 6 nitrogen and oxygen atoms in total. The second-order valence-electron chi connectivity index (χ2n) is 4.50. The van der Waals surface area contributed by atoms with Gasteiger partial charge in [0.05, 0.1) is 0 Å². The Hall–Kier alpha value is -2.37. The molecule has 23 heavy (non-hydrogen) atoms. The Kier molecular flexibility index (Phi) is 10.1. The zero-order chi connectivity index (χ0) is 17.8. The Morgan fingerprint density at radius 3 is 1.04 bits per heavy atom. The maximum absolute atomic E-state index is 11.5. The van der Waals surface area contributed by atoms with Gasteiger partial charge in [0, 0.05) is 36.3 Å². The lowest BCUT2D eigenvalue weighted by Crippen LogP contribution is -2.14. The van der Waals surface area contributed by atoms with Crippen molar-refractivity contribution in [1.82, 2.24) is 0 Å². The molecule has 1 aromatic carbocycles. The third-order valence-electron chi connectivity index (χ3n) is 2.75. The largest absolute Gasteiger partial charge is 0.326 e. The van der Waals surface area contributed by atoms with E-state index in [9.17, 15) is 14.4 Å². The molecule has 0 saturated carbocycles. The number of nitrogens with one attached hydrogen (secondary N) is 3. The van der Waals surface area contributed by atoms with E-state index in [2.05, 4.69) is 16.0 Å². The average Bonchev–Trinajstić information content (AvgIpc) is 2.55. The third-order valence-corrected chi connectivity index (χ3v) is 2.75. The predicted octanol–water partition coefficient (Wildman–Crippen LogP) is 3.76. The number of carbonyl (C=O) groups is 3. The van der Waals surface area contributed by atoms with E-state index in [1.54, 1.807) is 39.0 Å². The highest BCUT2D eigenvalue weighted by molar-refractivity contribution is 5.97. The summed E-state index contributed by atoms with van der Waals surface area (Å²) in [5.41, 5.74) is 1.59. The molecule has 0 fully saturated rings. The number of hydrogen-bond acceptors (Lipinski definition) is 3. The van der Waals surface area contributed by atoms with E-state index >= 15 is 0 Å². The number of carbonyl (C=O) groups excluding carboxylic acids is 3. The number of anilines is 3. The Bertz CT molecular complexity index is 453. The minimum absolute atomic E-state index is 0.137. The molecule has 3 amide bonds. The van der Waals surface area contributed by atoms with Gasteiger partial charge in [0.1, 0.15) is 0 Å². The highest BCUT2D eigenvalue weighted by atomic mass is 16.2. The van der Waals surface area contributed by atoms with Crippen molar-refractivity contribution < 1.29 is 14.4 Å². The van der Waals surface area contributed by atoms with Crippen molar-refractivity contribution in [2.45, 2.75) is 53.9 Å². The fraction of sp³-hybridized carbons (Fsp3) is 0.471. The Morgan fingerprint density at radius 1 is 0.652 bits per heavy atom. The lowest BCUT2D eigenvalue weighted by molar-refractivity contribution is -0.116. The first-order chi connectivity index (χ1) is 11.0. The van der Waals surface area contributed by atoms with Gasteiger partial charge < -0.3 is 16.0 Å². The average molecular weight is 321 g/mol. The van der Waals surface area contributed by atoms with Gasteiger partial charge in [-0.15, -0.1) is 0 Å². The van der Waals surface area contributed by atoms with Crippen LogP contribution in [0.5, 0.6) is 0 Å². The molecule has 6 heteroatoms. The Morgan fingerprint density at radius 2 is 0.870 bits per heavy atom. The van der Waals surface area contributed by atoms with E-state index in [0.29, 0.717) is 36.3 Å². The highest BCUT2D eigenvalue weighted by Crippen LogP contribution is 2.23. The first-order valence-electron chi connectivity index (χ1n) is 8.03. The monoisotopic (exact) mass is 321 g/mol. The third kappa shape index (κ3) is 7.99. The normalized spacial score (nSPS) is 9.26. The van der Waals surface area contributed by atoms with Crippen LogP contribution in [0.25, 0.3) is 0 Å². The van der Waals surface area contributed by atoms with E-state index in [-0.39, 0.29) is 17.7 Å². The van der Waals surface area contributed by atoms with Gasteiger partial charge >= 0.3 is 0 Å². The van der Waals surface area contributed by atoms with Gasteiger partial charge in [-0.25, -0.2) is 0 Å². The summed E-state index contributed by atoms with van der Waals surface area (Å²) in [5.74, 6) is -0.412. The summed E-state index contributed by atoms with van der Waals surface area (Å²) >= 11 is 0. The van der Waals surface area contributed by atoms with Gasteiger partial charge in [0.25, 0.3) is 0 Å². The molecular weight excluding hydrogens is 294 g/mol. The summed E-state index contributed by atoms with van der Waals surface area (Å²) in [7, 11) is 0. The zero-order valence-corrected chi connectivity index (χ0v) is 14.6. The van der Waals surface area contributed by atoms with Crippen molar-refractivity contribution in [2.24, 2.45) is 0 Å². The van der Waals surface area contributed by atoms with Gasteiger partial charge in [-0.2, -0.15) is 0 Å². The summed E-state index contributed by atoms with van der Waals surface area (Å²) < 4.78 is 0. The van der Waals surface area contributed by atoms with Crippen LogP contribution in [0.1, 0.15) is 53.9 Å². The molecular formula is C17H27N3O3. The van der Waals surface area contributed by atoms with E-state index in [4.69, 9.17) is 0 Å². The lowest BCUT2D eigenvalue weighted by atomic mass is 10.2. The van der Waals surface area contributed by atoms with Crippen molar-refractivity contribution in [3.63, 3.8) is 0 Å². The molecule has 0 atom stereocenters. The minimum Gasteiger partial charge on any atom is -0.326 e. The van der Waals surface area contributed by atoms with Crippen LogP contribution in [0, 0.1) is 0 Å². The van der Waals surface area contributed by atoms with Crippen molar-refractivity contribution in [3.05, 3.63) is 18.2 Å². The van der Waals surface area contributed by atoms with Gasteiger partial charge in [-0.05, 0) is 18.2 Å². The first-order valence-corrected chi connectivity index (χ1v) is 8.03. The zero-order valence-electron chi connectivity index (χ0n) is 14.6. The van der Waals surface area contributed by atoms with E-state index < -0.39 is 0 Å². The SMILES string of the molecule is CC.CCC(=O)Nc1cc(NC(=O)CC)cc(NC(=O)CC)c1. The standard InChI is InChI=1S/C15H21N3O3.C2H6/c1-4-13(19)16-10-7-11(17-14(20)5-2)9-12(8-10)18-15(21)6-3;1-2/h7-9H,4-6H2,1-3H3,(H,16,19)(H,17,20)(H,18,21);1-2H3. The molecule has 0 aliphatic rings. The molecule has 3 N–H and O–H groups in total. The molecule has 0 radical (unpaired) electrons. The smallest absolute Gasteiger partial charge is 0.224 e. The maximum atomic E-state index is 11.5. The molecule has 0 aromatic heterocycles. The highest BCUT2D eigenvalue weighted by Gasteiger charge is 2.07. The van der Waals surface area contributed by atoms with Crippen LogP contribution >= 0.6 is 0 Å². The fourth-order valence-electron chi connectivity index (χ4n) is 1.59. The molecule has 0 aliphatic carbocycles. The predicted molar refractivity (Wildman–Crippen MR) is 94.6 cm³/mol. The molecule has 0 heterocycles. The quantitative estimate of drug-likeness (QED) is 0.745. The number of amides is 3. The number of hydrogen-bond donors (Lipinski definition) is 3.